The summed E-state index contributed by atoms with van der Waals surface area (Å²) in [5.74, 6) is -2.42. The fourth-order valence-electron chi connectivity index (χ4n) is 1.84. The first-order valence-corrected chi connectivity index (χ1v) is 6.67. The van der Waals surface area contributed by atoms with Gasteiger partial charge in [0.2, 0.25) is 11.8 Å². The van der Waals surface area contributed by atoms with E-state index in [1.807, 2.05) is 0 Å². The van der Waals surface area contributed by atoms with Crippen LogP contribution in [-0.4, -0.2) is 42.9 Å². The molecule has 0 radical (unpaired) electrons. The summed E-state index contributed by atoms with van der Waals surface area (Å²) >= 11 is 0. The first kappa shape index (κ1) is 15.4. The smallest absolute Gasteiger partial charge is 0.238 e. The molecule has 0 bridgehead atoms. The van der Waals surface area contributed by atoms with E-state index in [1.54, 1.807) is 7.05 Å². The van der Waals surface area contributed by atoms with Crippen molar-refractivity contribution >= 4 is 17.5 Å². The second-order valence-electron chi connectivity index (χ2n) is 5.16. The molecule has 0 aromatic heterocycles. The van der Waals surface area contributed by atoms with Crippen molar-refractivity contribution in [1.82, 2.24) is 10.2 Å². The van der Waals surface area contributed by atoms with Crippen molar-refractivity contribution in [3.63, 3.8) is 0 Å². The van der Waals surface area contributed by atoms with E-state index >= 15 is 0 Å². The van der Waals surface area contributed by atoms with Crippen LogP contribution >= 0.6 is 0 Å². The minimum absolute atomic E-state index is 0.0592. The first-order valence-electron chi connectivity index (χ1n) is 6.67. The molecule has 0 saturated heterocycles. The van der Waals surface area contributed by atoms with Crippen LogP contribution in [0.1, 0.15) is 12.8 Å². The number of amides is 2. The minimum atomic E-state index is -0.836. The number of likely N-dealkylation sites (N-methyl/N-ethyl adjacent to an activating group) is 1. The molecule has 114 valence electrons. The summed E-state index contributed by atoms with van der Waals surface area (Å²) < 4.78 is 26.8. The number of hydrogen-bond donors (Lipinski definition) is 2. The Morgan fingerprint density at radius 1 is 1.19 bits per heavy atom. The Labute approximate surface area is 121 Å². The monoisotopic (exact) mass is 297 g/mol. The maximum absolute atomic E-state index is 13.4. The predicted octanol–water partition coefficient (Wildman–Crippen LogP) is 1.11. The highest BCUT2D eigenvalue weighted by Gasteiger charge is 2.23. The molecule has 0 heterocycles. The molecule has 0 spiro atoms. The van der Waals surface area contributed by atoms with E-state index in [0.717, 1.165) is 25.0 Å². The third kappa shape index (κ3) is 4.78. The zero-order valence-electron chi connectivity index (χ0n) is 11.7. The second-order valence-corrected chi connectivity index (χ2v) is 5.16. The van der Waals surface area contributed by atoms with Crippen LogP contribution < -0.4 is 10.6 Å². The molecule has 1 saturated carbocycles. The fraction of sp³-hybridized carbons (Fsp3) is 0.429. The van der Waals surface area contributed by atoms with Crippen LogP contribution in [0.3, 0.4) is 0 Å². The van der Waals surface area contributed by atoms with Crippen LogP contribution in [0.2, 0.25) is 0 Å². The zero-order chi connectivity index (χ0) is 15.4. The number of hydrogen-bond acceptors (Lipinski definition) is 3. The molecule has 1 aliphatic carbocycles. The third-order valence-corrected chi connectivity index (χ3v) is 3.00. The van der Waals surface area contributed by atoms with Gasteiger partial charge >= 0.3 is 0 Å². The van der Waals surface area contributed by atoms with Gasteiger partial charge in [0.1, 0.15) is 17.3 Å². The number of carbonyl (C=O) groups is 2. The van der Waals surface area contributed by atoms with Crippen molar-refractivity contribution in [2.45, 2.75) is 18.9 Å². The Morgan fingerprint density at radius 2 is 1.76 bits per heavy atom. The molecule has 7 heteroatoms. The van der Waals surface area contributed by atoms with Gasteiger partial charge in [0, 0.05) is 6.04 Å². The highest BCUT2D eigenvalue weighted by atomic mass is 19.1. The lowest BCUT2D eigenvalue weighted by Gasteiger charge is -2.16. The highest BCUT2D eigenvalue weighted by Crippen LogP contribution is 2.18. The first-order chi connectivity index (χ1) is 9.95. The van der Waals surface area contributed by atoms with E-state index in [0.29, 0.717) is 0 Å². The van der Waals surface area contributed by atoms with Gasteiger partial charge in [-0.25, -0.2) is 8.78 Å². The van der Waals surface area contributed by atoms with Crippen molar-refractivity contribution in [2.75, 3.05) is 25.5 Å². The number of halogens is 2. The maximum atomic E-state index is 13.4. The second kappa shape index (κ2) is 6.62. The van der Waals surface area contributed by atoms with Crippen LogP contribution in [0.15, 0.2) is 18.2 Å². The summed E-state index contributed by atoms with van der Waals surface area (Å²) in [4.78, 5) is 24.8. The van der Waals surface area contributed by atoms with Crippen LogP contribution in [-0.2, 0) is 9.59 Å². The van der Waals surface area contributed by atoms with Gasteiger partial charge in [-0.05, 0) is 32.0 Å². The Morgan fingerprint density at radius 3 is 2.33 bits per heavy atom. The molecule has 1 aromatic carbocycles. The molecular weight excluding hydrogens is 280 g/mol. The quantitative estimate of drug-likeness (QED) is 0.827. The molecule has 1 fully saturated rings. The summed E-state index contributed by atoms with van der Waals surface area (Å²) in [6.45, 7) is -0.0739. The van der Waals surface area contributed by atoms with Crippen molar-refractivity contribution in [2.24, 2.45) is 0 Å². The Bertz CT molecular complexity index is 527. The normalized spacial score (nSPS) is 14.1. The van der Waals surface area contributed by atoms with Crippen molar-refractivity contribution < 1.29 is 18.4 Å². The van der Waals surface area contributed by atoms with Crippen LogP contribution in [0.4, 0.5) is 14.5 Å². The number of nitrogens with zero attached hydrogens (tertiary/aromatic N) is 1. The Hall–Kier alpha value is -2.02. The van der Waals surface area contributed by atoms with Gasteiger partial charge in [-0.1, -0.05) is 6.07 Å². The van der Waals surface area contributed by atoms with Crippen LogP contribution in [0.5, 0.6) is 0 Å². The van der Waals surface area contributed by atoms with Gasteiger partial charge in [-0.3, -0.25) is 14.5 Å². The Kier molecular flexibility index (Phi) is 4.85. The lowest BCUT2D eigenvalue weighted by Crippen LogP contribution is -2.39. The summed E-state index contributed by atoms with van der Waals surface area (Å²) in [5.41, 5.74) is -0.474. The predicted molar refractivity (Wildman–Crippen MR) is 73.6 cm³/mol. The van der Waals surface area contributed by atoms with Crippen LogP contribution in [0, 0.1) is 11.6 Å². The van der Waals surface area contributed by atoms with E-state index in [2.05, 4.69) is 10.6 Å². The van der Waals surface area contributed by atoms with Gasteiger partial charge in [0.25, 0.3) is 0 Å². The molecule has 0 atom stereocenters. The molecular formula is C14H17F2N3O2. The largest absolute Gasteiger partial charge is 0.352 e. The molecule has 21 heavy (non-hydrogen) atoms. The topological polar surface area (TPSA) is 61.4 Å². The van der Waals surface area contributed by atoms with Gasteiger partial charge in [0.05, 0.1) is 13.1 Å². The van der Waals surface area contributed by atoms with Gasteiger partial charge in [0.15, 0.2) is 0 Å². The number of carbonyl (C=O) groups excluding carboxylic acids is 2. The number of nitrogens with one attached hydrogen (secondary N) is 2. The van der Waals surface area contributed by atoms with Crippen molar-refractivity contribution in [3.05, 3.63) is 29.8 Å². The standard InChI is InChI=1S/C14H17F2N3O2/c1-19(7-12(20)17-9-5-6-9)8-13(21)18-14-10(15)3-2-4-11(14)16/h2-4,9H,5-8H2,1H3,(H,17,20)(H,18,21). The summed E-state index contributed by atoms with van der Waals surface area (Å²) in [7, 11) is 1.59. The molecule has 0 unspecified atom stereocenters. The molecule has 5 nitrogen and oxygen atoms in total. The maximum Gasteiger partial charge on any atom is 0.238 e. The molecule has 0 aliphatic heterocycles. The van der Waals surface area contributed by atoms with Crippen LogP contribution in [0.25, 0.3) is 0 Å². The lowest BCUT2D eigenvalue weighted by atomic mass is 10.3. The fourth-order valence-corrected chi connectivity index (χ4v) is 1.84. The number of rotatable bonds is 6. The van der Waals surface area contributed by atoms with E-state index in [4.69, 9.17) is 0 Å². The Balaban J connectivity index is 1.81. The van der Waals surface area contributed by atoms with E-state index < -0.39 is 23.2 Å². The minimum Gasteiger partial charge on any atom is -0.352 e. The molecule has 2 N–H and O–H groups in total. The molecule has 2 amide bonds. The average molecular weight is 297 g/mol. The average Bonchev–Trinajstić information content (AvgIpc) is 3.17. The van der Waals surface area contributed by atoms with Gasteiger partial charge in [-0.15, -0.1) is 0 Å². The highest BCUT2D eigenvalue weighted by molar-refractivity contribution is 5.92. The zero-order valence-corrected chi connectivity index (χ0v) is 11.7. The van der Waals surface area contributed by atoms with Crippen molar-refractivity contribution in [3.8, 4) is 0 Å². The summed E-state index contributed by atoms with van der Waals surface area (Å²) in [6, 6.07) is 3.60. The van der Waals surface area contributed by atoms with Gasteiger partial charge in [-0.2, -0.15) is 0 Å². The summed E-state index contributed by atoms with van der Waals surface area (Å²) in [6.07, 6.45) is 1.98. The number of para-hydroxylation sites is 1. The van der Waals surface area contributed by atoms with Gasteiger partial charge < -0.3 is 10.6 Å². The molecule has 1 aliphatic rings. The number of benzene rings is 1. The molecule has 2 rings (SSSR count). The molecule has 1 aromatic rings. The number of anilines is 1. The third-order valence-electron chi connectivity index (χ3n) is 3.00. The van der Waals surface area contributed by atoms with Crippen molar-refractivity contribution in [1.29, 1.82) is 0 Å². The SMILES string of the molecule is CN(CC(=O)Nc1c(F)cccc1F)CC(=O)NC1CC1. The lowest BCUT2D eigenvalue weighted by molar-refractivity contribution is -0.123. The van der Waals surface area contributed by atoms with E-state index in [1.165, 1.54) is 11.0 Å². The van der Waals surface area contributed by atoms with E-state index in [-0.39, 0.29) is 25.0 Å². The summed E-state index contributed by atoms with van der Waals surface area (Å²) in [5, 5.41) is 4.97. The van der Waals surface area contributed by atoms with E-state index in [9.17, 15) is 18.4 Å².